The molecule has 0 fully saturated rings. The lowest BCUT2D eigenvalue weighted by Gasteiger charge is -2.41. The number of halogens is 7. The van der Waals surface area contributed by atoms with E-state index in [0.717, 1.165) is 30.7 Å². The molecule has 0 spiro atoms. The van der Waals surface area contributed by atoms with E-state index in [1.54, 1.807) is 39.8 Å². The van der Waals surface area contributed by atoms with Gasteiger partial charge in [0, 0.05) is 47.5 Å². The Hall–Kier alpha value is -6.38. The van der Waals surface area contributed by atoms with Crippen LogP contribution in [-0.4, -0.2) is 43.8 Å². The summed E-state index contributed by atoms with van der Waals surface area (Å²) < 4.78 is 93.1. The number of alkyl halides is 6. The summed E-state index contributed by atoms with van der Waals surface area (Å²) in [4.78, 5) is 0. The summed E-state index contributed by atoms with van der Waals surface area (Å²) in [5.74, 6) is 7.17. The average Bonchev–Trinajstić information content (AvgIpc) is 3.80. The summed E-state index contributed by atoms with van der Waals surface area (Å²) >= 11 is 3.17. The fraction of sp³-hybridized carbons (Fsp3) is 0.391. The zero-order valence-electron chi connectivity index (χ0n) is 36.2. The van der Waals surface area contributed by atoms with E-state index in [-0.39, 0.29) is 80.9 Å². The third kappa shape index (κ3) is 10.1. The molecule has 2 aromatic carbocycles. The van der Waals surface area contributed by atoms with Gasteiger partial charge in [-0.1, -0.05) is 55.5 Å². The van der Waals surface area contributed by atoms with Crippen LogP contribution in [0.5, 0.6) is 11.8 Å². The van der Waals surface area contributed by atoms with Gasteiger partial charge in [-0.05, 0) is 86.1 Å². The van der Waals surface area contributed by atoms with Gasteiger partial charge in [-0.15, -0.1) is 22.5 Å². The van der Waals surface area contributed by atoms with Crippen LogP contribution in [0.15, 0.2) is 63.8 Å². The first-order valence-electron chi connectivity index (χ1n) is 20.0. The molecule has 8 N–H and O–H groups in total. The fourth-order valence-corrected chi connectivity index (χ4v) is 8.60. The molecule has 12 nitrogen and oxygen atoms in total. The minimum atomic E-state index is -4.63. The molecule has 0 radical (unpaired) electrons. The first kappa shape index (κ1) is 51.3. The van der Waals surface area contributed by atoms with Crippen molar-refractivity contribution in [1.29, 1.82) is 10.5 Å². The molecular formula is C46H47BrF6N8O4. The van der Waals surface area contributed by atoms with Gasteiger partial charge in [0.05, 0.1) is 33.1 Å². The molecule has 2 atom stereocenters. The highest BCUT2D eigenvalue weighted by atomic mass is 79.9. The summed E-state index contributed by atoms with van der Waals surface area (Å²) in [5.41, 5.74) is 10.6. The van der Waals surface area contributed by atoms with E-state index in [1.165, 1.54) is 0 Å². The summed E-state index contributed by atoms with van der Waals surface area (Å²) in [5, 5.41) is 50.6. The lowest BCUT2D eigenvalue weighted by molar-refractivity contribution is -0.138. The van der Waals surface area contributed by atoms with Crippen LogP contribution < -0.4 is 20.9 Å². The number of aliphatic hydroxyl groups excluding tert-OH is 2. The number of nitriles is 2. The zero-order chi connectivity index (χ0) is 48.7. The molecule has 344 valence electrons. The molecule has 0 saturated carbocycles. The number of ether oxygens (including phenoxy) is 2. The van der Waals surface area contributed by atoms with E-state index in [4.69, 9.17) is 37.6 Å². The maximum Gasteiger partial charge on any atom is 0.416 e. The molecular weight excluding hydrogens is 922 g/mol. The van der Waals surface area contributed by atoms with Crippen molar-refractivity contribution in [3.8, 4) is 48.1 Å². The smallest absolute Gasteiger partial charge is 0.416 e. The third-order valence-corrected chi connectivity index (χ3v) is 11.3. The van der Waals surface area contributed by atoms with Gasteiger partial charge in [0.1, 0.15) is 23.3 Å². The summed E-state index contributed by atoms with van der Waals surface area (Å²) in [6, 6.07) is 11.3. The van der Waals surface area contributed by atoms with Crippen molar-refractivity contribution in [2.24, 2.45) is 23.3 Å². The van der Waals surface area contributed by atoms with Crippen LogP contribution in [0, 0.1) is 72.5 Å². The Kier molecular flexibility index (Phi) is 16.3. The minimum absolute atomic E-state index is 0.0167. The van der Waals surface area contributed by atoms with E-state index >= 15 is 0 Å². The number of unbranched alkanes of at least 4 members (excludes halogenated alkanes) is 2. The highest BCUT2D eigenvalue weighted by Gasteiger charge is 2.53. The summed E-state index contributed by atoms with van der Waals surface area (Å²) in [6.07, 6.45) is -2.14. The van der Waals surface area contributed by atoms with Gasteiger partial charge >= 0.3 is 12.4 Å². The average molecular weight is 970 g/mol. The number of terminal acetylenes is 1. The van der Waals surface area contributed by atoms with E-state index in [2.05, 4.69) is 66.2 Å². The number of hydrogen-bond acceptors (Lipinski definition) is 10. The maximum atomic E-state index is 13.8. The van der Waals surface area contributed by atoms with Crippen molar-refractivity contribution in [1.82, 2.24) is 20.4 Å². The Morgan fingerprint density at radius 3 is 1.55 bits per heavy atom. The number of nitrogens with two attached hydrogens (primary N) is 2. The molecule has 0 saturated heterocycles. The number of hydrogen-bond donors (Lipinski definition) is 6. The predicted octanol–water partition coefficient (Wildman–Crippen LogP) is 8.81. The molecule has 65 heavy (non-hydrogen) atoms. The van der Waals surface area contributed by atoms with E-state index < -0.39 is 34.3 Å². The Balaban J connectivity index is 0.000000255. The second-order valence-corrected chi connectivity index (χ2v) is 16.5. The van der Waals surface area contributed by atoms with Gasteiger partial charge in [0.15, 0.2) is 0 Å². The van der Waals surface area contributed by atoms with Crippen LogP contribution in [-0.2, 0) is 23.2 Å². The number of allylic oxidation sites excluding steroid dienone is 2. The van der Waals surface area contributed by atoms with E-state index in [0.29, 0.717) is 41.8 Å². The van der Waals surface area contributed by atoms with Gasteiger partial charge in [0.2, 0.25) is 23.5 Å². The van der Waals surface area contributed by atoms with Crippen molar-refractivity contribution in [2.45, 2.75) is 90.4 Å². The number of aromatic amines is 2. The number of aliphatic hydroxyl groups is 2. The first-order valence-corrected chi connectivity index (χ1v) is 20.8. The van der Waals surface area contributed by atoms with Gasteiger partial charge in [0.25, 0.3) is 0 Å². The fourth-order valence-electron chi connectivity index (χ4n) is 8.11. The Labute approximate surface area is 380 Å². The number of nitrogens with zero attached hydrogens (tertiary/aromatic N) is 4. The zero-order valence-corrected chi connectivity index (χ0v) is 37.8. The minimum Gasteiger partial charge on any atom is -0.420 e. The van der Waals surface area contributed by atoms with E-state index in [9.17, 15) is 36.9 Å². The van der Waals surface area contributed by atoms with Crippen LogP contribution in [0.1, 0.15) is 104 Å². The molecule has 4 heterocycles. The van der Waals surface area contributed by atoms with Crippen LogP contribution in [0.4, 0.5) is 26.3 Å². The van der Waals surface area contributed by atoms with Crippen molar-refractivity contribution in [2.75, 3.05) is 13.2 Å². The summed E-state index contributed by atoms with van der Waals surface area (Å²) in [6.45, 7) is 10.8. The van der Waals surface area contributed by atoms with Crippen molar-refractivity contribution >= 4 is 15.9 Å². The Morgan fingerprint density at radius 1 is 0.738 bits per heavy atom. The highest BCUT2D eigenvalue weighted by Crippen LogP contribution is 2.55. The van der Waals surface area contributed by atoms with Gasteiger partial charge < -0.3 is 31.2 Å². The predicted molar refractivity (Wildman–Crippen MR) is 232 cm³/mol. The van der Waals surface area contributed by atoms with Crippen molar-refractivity contribution in [3.05, 3.63) is 114 Å². The van der Waals surface area contributed by atoms with Crippen molar-refractivity contribution in [3.63, 3.8) is 0 Å². The van der Waals surface area contributed by atoms with Gasteiger partial charge in [-0.3, -0.25) is 10.2 Å². The Bertz CT molecular complexity index is 2650. The Morgan fingerprint density at radius 2 is 1.17 bits per heavy atom. The van der Waals surface area contributed by atoms with E-state index in [1.807, 2.05) is 13.8 Å². The SMILES string of the molecule is C#CCCCO.Cc1[nH]nc2c1C(c1cc(Br)cc(C(F)(F)F)c1)(C(C)C)C(C#N)=C(N)O2.Cc1[nH]nc2c1C(c1cc(C#CCCCO)cc(C(F)(F)F)c1)(C(C)C)C(C#N)=C(N)O2. The van der Waals surface area contributed by atoms with Crippen LogP contribution >= 0.6 is 15.9 Å². The topological polar surface area (TPSA) is 216 Å². The molecule has 0 aliphatic carbocycles. The molecule has 2 unspecified atom stereocenters. The van der Waals surface area contributed by atoms with Crippen molar-refractivity contribution < 1.29 is 46.0 Å². The number of nitrogens with one attached hydrogen (secondary N) is 2. The normalized spacial score (nSPS) is 17.7. The molecule has 6 rings (SSSR count). The highest BCUT2D eigenvalue weighted by molar-refractivity contribution is 9.10. The van der Waals surface area contributed by atoms with Crippen LogP contribution in [0.25, 0.3) is 0 Å². The molecule has 19 heteroatoms. The maximum absolute atomic E-state index is 13.8. The molecule has 4 aromatic rings. The molecule has 2 aliphatic heterocycles. The second-order valence-electron chi connectivity index (χ2n) is 15.6. The lowest BCUT2D eigenvalue weighted by Crippen LogP contribution is -2.41. The van der Waals surface area contributed by atoms with Gasteiger partial charge in [-0.2, -0.15) is 36.9 Å². The standard InChI is InChI=1S/C23H23F3N4O2.C18H16BrF3N4O.C5H8O/c1-13(2)22(18(12-27)20(28)32-21-19(22)14(3)29-30-21)16-9-15(7-5-4-6-8-31)10-17(11-16)23(24,25)26;1-8(2)17(10-4-11(18(20,21)22)6-12(19)5-10)13(7-23)15(24)27-16-14(17)9(3)25-26-16;1-2-3-4-5-6/h9-11,13,31H,4,6,8,28H2,1-3H3,(H,29,30);4-6,8H,24H2,1-3H3,(H,25,26);1,6H,3-5H2. The second kappa shape index (κ2) is 20.6. The number of rotatable bonds is 8. The first-order chi connectivity index (χ1) is 30.5. The monoisotopic (exact) mass is 968 g/mol. The number of aryl methyl sites for hydroxylation is 2. The molecule has 0 amide bonds. The molecule has 0 bridgehead atoms. The third-order valence-electron chi connectivity index (χ3n) is 10.8. The summed E-state index contributed by atoms with van der Waals surface area (Å²) in [7, 11) is 0. The molecule has 2 aromatic heterocycles. The quantitative estimate of drug-likeness (QED) is 0.0560. The largest absolute Gasteiger partial charge is 0.420 e. The number of fused-ring (bicyclic) bond motifs is 2. The van der Waals surface area contributed by atoms with Crippen LogP contribution in [0.3, 0.4) is 0 Å². The lowest BCUT2D eigenvalue weighted by atomic mass is 9.61. The molecule has 2 aliphatic rings. The van der Waals surface area contributed by atoms with Gasteiger partial charge in [-0.25, -0.2) is 0 Å². The van der Waals surface area contributed by atoms with Crippen LogP contribution in [0.2, 0.25) is 0 Å². The number of benzene rings is 2. The number of aromatic nitrogens is 4. The number of H-pyrrole nitrogens is 2.